The fourth-order valence-electron chi connectivity index (χ4n) is 5.85. The smallest absolute Gasteiger partial charge is 0.471 e. The lowest BCUT2D eigenvalue weighted by atomic mass is 9.76. The highest BCUT2D eigenvalue weighted by molar-refractivity contribution is 6.01. The van der Waals surface area contributed by atoms with Crippen molar-refractivity contribution in [1.82, 2.24) is 0 Å². The molecule has 0 saturated carbocycles. The number of alkyl halides is 3. The first kappa shape index (κ1) is 29.6. The molecule has 1 N–H and O–H groups in total. The van der Waals surface area contributed by atoms with Gasteiger partial charge in [0.1, 0.15) is 11.5 Å². The van der Waals surface area contributed by atoms with E-state index in [0.717, 1.165) is 0 Å². The van der Waals surface area contributed by atoms with Gasteiger partial charge in [-0.2, -0.15) is 13.2 Å². The summed E-state index contributed by atoms with van der Waals surface area (Å²) in [7, 11) is 0. The molecule has 43 heavy (non-hydrogen) atoms. The van der Waals surface area contributed by atoms with Gasteiger partial charge in [0, 0.05) is 48.8 Å². The molecule has 0 saturated heterocycles. The fourth-order valence-corrected chi connectivity index (χ4v) is 5.85. The van der Waals surface area contributed by atoms with Gasteiger partial charge in [-0.1, -0.05) is 0 Å². The van der Waals surface area contributed by atoms with Crippen molar-refractivity contribution >= 4 is 35.1 Å². The number of esters is 1. The SMILES string of the molecule is CCN(C(C)=O)c1cc2c(cc1C)C1(OC(=O)c3ccc(C(=O)O)cc31)c1cc(C)c(N(CC)C(=O)C(F)(F)F)cc1O2. The first-order valence-corrected chi connectivity index (χ1v) is 13.4. The molecule has 2 amide bonds. The Morgan fingerprint density at radius 1 is 0.860 bits per heavy atom. The molecule has 1 unspecified atom stereocenters. The third-order valence-corrected chi connectivity index (χ3v) is 7.77. The third-order valence-electron chi connectivity index (χ3n) is 7.77. The van der Waals surface area contributed by atoms with Crippen molar-refractivity contribution in [1.29, 1.82) is 0 Å². The van der Waals surface area contributed by atoms with E-state index in [-0.39, 0.29) is 57.5 Å². The number of ether oxygens (including phenoxy) is 2. The summed E-state index contributed by atoms with van der Waals surface area (Å²) < 4.78 is 52.8. The van der Waals surface area contributed by atoms with Crippen molar-refractivity contribution in [2.24, 2.45) is 0 Å². The van der Waals surface area contributed by atoms with Crippen molar-refractivity contribution in [3.05, 3.63) is 81.4 Å². The minimum absolute atomic E-state index is 0.0106. The molecule has 0 fully saturated rings. The number of aromatic carboxylic acids is 1. The molecule has 2 aliphatic rings. The lowest BCUT2D eigenvalue weighted by Crippen LogP contribution is -2.41. The normalized spacial score (nSPS) is 16.5. The summed E-state index contributed by atoms with van der Waals surface area (Å²) in [5.41, 5.74) is 0.323. The number of aryl methyl sites for hydroxylation is 2. The summed E-state index contributed by atoms with van der Waals surface area (Å²) in [6, 6.07) is 9.97. The topological polar surface area (TPSA) is 113 Å². The molecule has 0 bridgehead atoms. The summed E-state index contributed by atoms with van der Waals surface area (Å²) in [5, 5.41) is 9.75. The van der Waals surface area contributed by atoms with Crippen LogP contribution in [-0.2, 0) is 19.9 Å². The fraction of sp³-hybridized carbons (Fsp3) is 0.290. The number of benzene rings is 3. The summed E-state index contributed by atoms with van der Waals surface area (Å²) in [6.45, 7) is 7.88. The van der Waals surface area contributed by atoms with Gasteiger partial charge in [0.25, 0.3) is 0 Å². The Bertz CT molecular complexity index is 1730. The maximum absolute atomic E-state index is 13.5. The van der Waals surface area contributed by atoms with Crippen LogP contribution in [0.3, 0.4) is 0 Å². The number of fused-ring (bicyclic) bond motifs is 6. The van der Waals surface area contributed by atoms with E-state index in [9.17, 15) is 37.5 Å². The Morgan fingerprint density at radius 3 is 1.86 bits per heavy atom. The Balaban J connectivity index is 1.85. The second kappa shape index (κ2) is 10.1. The van der Waals surface area contributed by atoms with Crippen molar-refractivity contribution < 1.29 is 46.9 Å². The van der Waals surface area contributed by atoms with Crippen LogP contribution in [0.15, 0.2) is 42.5 Å². The van der Waals surface area contributed by atoms with Crippen molar-refractivity contribution in [2.75, 3.05) is 22.9 Å². The highest BCUT2D eigenvalue weighted by Gasteiger charge is 2.54. The molecular formula is C31H27F3N2O7. The van der Waals surface area contributed by atoms with E-state index in [4.69, 9.17) is 9.47 Å². The van der Waals surface area contributed by atoms with Crippen LogP contribution < -0.4 is 14.5 Å². The molecule has 0 aliphatic carbocycles. The number of carboxylic acid groups (broad SMARTS) is 1. The third kappa shape index (κ3) is 4.48. The number of halogens is 3. The number of nitrogens with zero attached hydrogens (tertiary/aromatic N) is 2. The lowest BCUT2D eigenvalue weighted by molar-refractivity contribution is -0.170. The van der Waals surface area contributed by atoms with E-state index >= 15 is 0 Å². The first-order chi connectivity index (χ1) is 20.1. The second-order valence-electron chi connectivity index (χ2n) is 10.3. The molecule has 0 radical (unpaired) electrons. The maximum Gasteiger partial charge on any atom is 0.471 e. The van der Waals surface area contributed by atoms with Crippen molar-refractivity contribution in [2.45, 2.75) is 46.4 Å². The highest BCUT2D eigenvalue weighted by Crippen LogP contribution is 2.58. The van der Waals surface area contributed by atoms with Crippen LogP contribution in [-0.4, -0.2) is 48.1 Å². The molecule has 2 aliphatic heterocycles. The van der Waals surface area contributed by atoms with Gasteiger partial charge < -0.3 is 24.4 Å². The van der Waals surface area contributed by atoms with E-state index in [0.29, 0.717) is 28.3 Å². The Labute approximate surface area is 244 Å². The van der Waals surface area contributed by atoms with E-state index in [1.807, 2.05) is 0 Å². The monoisotopic (exact) mass is 596 g/mol. The Kier molecular flexibility index (Phi) is 6.99. The molecule has 9 nitrogen and oxygen atoms in total. The van der Waals surface area contributed by atoms with Gasteiger partial charge in [0.05, 0.1) is 22.5 Å². The second-order valence-corrected chi connectivity index (χ2v) is 10.3. The van der Waals surface area contributed by atoms with E-state index in [1.54, 1.807) is 26.0 Å². The van der Waals surface area contributed by atoms with Crippen LogP contribution in [0.2, 0.25) is 0 Å². The lowest BCUT2D eigenvalue weighted by Gasteiger charge is -2.38. The van der Waals surface area contributed by atoms with Crippen LogP contribution in [0.25, 0.3) is 0 Å². The van der Waals surface area contributed by atoms with E-state index in [2.05, 4.69) is 0 Å². The molecule has 1 atom stereocenters. The number of carbonyl (C=O) groups is 4. The molecule has 1 spiro atoms. The van der Waals surface area contributed by atoms with E-state index in [1.165, 1.54) is 56.0 Å². The predicted molar refractivity (Wildman–Crippen MR) is 149 cm³/mol. The van der Waals surface area contributed by atoms with Crippen LogP contribution in [0.4, 0.5) is 24.5 Å². The maximum atomic E-state index is 13.5. The van der Waals surface area contributed by atoms with Crippen LogP contribution >= 0.6 is 0 Å². The minimum Gasteiger partial charge on any atom is -0.478 e. The molecule has 224 valence electrons. The summed E-state index contributed by atoms with van der Waals surface area (Å²) in [4.78, 5) is 52.1. The zero-order chi connectivity index (χ0) is 31.6. The van der Waals surface area contributed by atoms with Crippen LogP contribution in [0.5, 0.6) is 11.5 Å². The molecule has 5 rings (SSSR count). The number of carboxylic acids is 1. The number of carbonyl (C=O) groups excluding carboxylic acids is 3. The van der Waals surface area contributed by atoms with Gasteiger partial charge in [-0.15, -0.1) is 0 Å². The van der Waals surface area contributed by atoms with Gasteiger partial charge >= 0.3 is 24.0 Å². The molecular weight excluding hydrogens is 569 g/mol. The van der Waals surface area contributed by atoms with Gasteiger partial charge in [0.15, 0.2) is 5.60 Å². The van der Waals surface area contributed by atoms with Gasteiger partial charge in [-0.25, -0.2) is 9.59 Å². The zero-order valence-electron chi connectivity index (χ0n) is 23.9. The van der Waals surface area contributed by atoms with Gasteiger partial charge in [-0.3, -0.25) is 9.59 Å². The number of hydrogen-bond acceptors (Lipinski definition) is 6. The number of hydrogen-bond donors (Lipinski definition) is 1. The first-order valence-electron chi connectivity index (χ1n) is 13.4. The van der Waals surface area contributed by atoms with Crippen molar-refractivity contribution in [3.63, 3.8) is 0 Å². The average molecular weight is 597 g/mol. The Morgan fingerprint density at radius 2 is 1.40 bits per heavy atom. The van der Waals surface area contributed by atoms with Crippen LogP contribution in [0.1, 0.15) is 69.3 Å². The molecule has 12 heteroatoms. The zero-order valence-corrected chi connectivity index (χ0v) is 23.9. The van der Waals surface area contributed by atoms with Gasteiger partial charge in [0.2, 0.25) is 5.91 Å². The molecule has 0 aromatic heterocycles. The standard InChI is InChI=1S/C31H27F3N2O7/c1-6-35(17(5)37)23-13-25-21(10-15(23)3)30(20-12-18(27(38)39)8-9-19(20)28(40)43-30)22-11-16(4)24(14-26(22)42-25)36(7-2)29(41)31(32,33)34/h8-14H,6-7H2,1-5H3,(H,38,39). The molecule has 3 aromatic carbocycles. The predicted octanol–water partition coefficient (Wildman–Crippen LogP) is 5.86. The van der Waals surface area contributed by atoms with Gasteiger partial charge in [-0.05, 0) is 69.2 Å². The quantitative estimate of drug-likeness (QED) is 0.367. The summed E-state index contributed by atoms with van der Waals surface area (Å²) in [5.74, 6) is -4.17. The van der Waals surface area contributed by atoms with Crippen molar-refractivity contribution in [3.8, 4) is 11.5 Å². The Hall–Kier alpha value is -4.87. The summed E-state index contributed by atoms with van der Waals surface area (Å²) >= 11 is 0. The number of rotatable bonds is 5. The highest BCUT2D eigenvalue weighted by atomic mass is 19.4. The summed E-state index contributed by atoms with van der Waals surface area (Å²) in [6.07, 6.45) is -5.14. The van der Waals surface area contributed by atoms with Crippen LogP contribution in [0, 0.1) is 13.8 Å². The number of amides is 2. The molecule has 2 heterocycles. The number of anilines is 2. The molecule has 3 aromatic rings. The average Bonchev–Trinajstić information content (AvgIpc) is 3.22. The largest absolute Gasteiger partial charge is 0.478 e. The van der Waals surface area contributed by atoms with E-state index < -0.39 is 29.6 Å². The minimum atomic E-state index is -5.14.